The van der Waals surface area contributed by atoms with Crippen LogP contribution in [0.5, 0.6) is 5.75 Å². The Morgan fingerprint density at radius 2 is 1.81 bits per heavy atom. The second kappa shape index (κ2) is 3.66. The fraction of sp³-hybridized carbons (Fsp3) is 0. The van der Waals surface area contributed by atoms with Crippen molar-refractivity contribution < 1.29 is 17.2 Å². The monoisotopic (exact) mass is 239 g/mol. The normalized spacial score (nSPS) is 11.6. The summed E-state index contributed by atoms with van der Waals surface area (Å²) in [5.74, 6) is -0.0822. The van der Waals surface area contributed by atoms with Crippen LogP contribution in [0.1, 0.15) is 0 Å². The van der Waals surface area contributed by atoms with E-state index < -0.39 is 10.4 Å². The lowest BCUT2D eigenvalue weighted by molar-refractivity contribution is 0.387. The number of hydrogen-bond donors (Lipinski definition) is 2. The third-order valence-electron chi connectivity index (χ3n) is 2.13. The van der Waals surface area contributed by atoms with E-state index in [1.807, 2.05) is 12.1 Å². The Bertz CT molecular complexity index is 636. The largest absolute Gasteiger partial charge is 0.446 e. The van der Waals surface area contributed by atoms with Crippen molar-refractivity contribution in [2.24, 2.45) is 0 Å². The van der Waals surface area contributed by atoms with E-state index in [1.165, 1.54) is 6.07 Å². The van der Waals surface area contributed by atoms with Gasteiger partial charge < -0.3 is 9.92 Å². The Balaban J connectivity index is 2.61. The smallest absolute Gasteiger partial charge is 0.395 e. The molecule has 2 aromatic carbocycles. The van der Waals surface area contributed by atoms with Gasteiger partial charge in [0.05, 0.1) is 5.69 Å². The van der Waals surface area contributed by atoms with Crippen LogP contribution in [-0.4, -0.2) is 13.0 Å². The van der Waals surface area contributed by atoms with Crippen LogP contribution in [0.15, 0.2) is 36.4 Å². The minimum Gasteiger partial charge on any atom is -0.395 e. The molecule has 0 aliphatic carbocycles. The maximum Gasteiger partial charge on any atom is 0.446 e. The van der Waals surface area contributed by atoms with Crippen molar-refractivity contribution in [2.45, 2.75) is 0 Å². The van der Waals surface area contributed by atoms with Crippen molar-refractivity contribution in [3.63, 3.8) is 0 Å². The molecule has 6 heteroatoms. The first-order chi connectivity index (χ1) is 7.47. The van der Waals surface area contributed by atoms with Gasteiger partial charge in [-0.1, -0.05) is 30.3 Å². The van der Waals surface area contributed by atoms with Crippen molar-refractivity contribution in [3.05, 3.63) is 36.4 Å². The van der Waals surface area contributed by atoms with Crippen LogP contribution in [0.3, 0.4) is 0 Å². The molecule has 0 heterocycles. The molecule has 0 unspecified atom stereocenters. The molecule has 0 aromatic heterocycles. The van der Waals surface area contributed by atoms with Gasteiger partial charge in [-0.2, -0.15) is 8.42 Å². The van der Waals surface area contributed by atoms with Crippen LogP contribution in [0, 0.1) is 0 Å². The highest BCUT2D eigenvalue weighted by atomic mass is 32.3. The van der Waals surface area contributed by atoms with Crippen LogP contribution < -0.4 is 9.92 Å². The molecule has 0 amide bonds. The fourth-order valence-electron chi connectivity index (χ4n) is 1.46. The topological polar surface area (TPSA) is 89.6 Å². The first-order valence-corrected chi connectivity index (χ1v) is 5.78. The van der Waals surface area contributed by atoms with Gasteiger partial charge in [0.2, 0.25) is 0 Å². The van der Waals surface area contributed by atoms with Crippen molar-refractivity contribution in [1.29, 1.82) is 0 Å². The van der Waals surface area contributed by atoms with Gasteiger partial charge in [0.15, 0.2) is 5.75 Å². The maximum atomic E-state index is 10.6. The average molecular weight is 239 g/mol. The number of rotatable bonds is 2. The third kappa shape index (κ3) is 2.07. The number of benzene rings is 2. The minimum atomic E-state index is -4.55. The molecule has 0 atom stereocenters. The van der Waals surface area contributed by atoms with Crippen molar-refractivity contribution in [1.82, 2.24) is 0 Å². The summed E-state index contributed by atoms with van der Waals surface area (Å²) in [5.41, 5.74) is 5.90. The molecule has 5 nitrogen and oxygen atoms in total. The molecule has 0 bridgehead atoms. The van der Waals surface area contributed by atoms with Gasteiger partial charge in [0.1, 0.15) is 0 Å². The summed E-state index contributed by atoms with van der Waals surface area (Å²) < 4.78 is 34.0. The number of hydrogen-bond acceptors (Lipinski definition) is 4. The zero-order chi connectivity index (χ0) is 11.8. The van der Waals surface area contributed by atoms with Gasteiger partial charge in [-0.3, -0.25) is 4.55 Å². The quantitative estimate of drug-likeness (QED) is 0.613. The zero-order valence-corrected chi connectivity index (χ0v) is 8.94. The van der Waals surface area contributed by atoms with E-state index in [1.54, 1.807) is 18.2 Å². The Morgan fingerprint density at radius 1 is 1.12 bits per heavy atom. The van der Waals surface area contributed by atoms with E-state index in [9.17, 15) is 8.42 Å². The minimum absolute atomic E-state index is 0.0822. The molecule has 2 rings (SSSR count). The maximum absolute atomic E-state index is 10.6. The van der Waals surface area contributed by atoms with E-state index >= 15 is 0 Å². The summed E-state index contributed by atoms with van der Waals surface area (Å²) in [4.78, 5) is 0. The first kappa shape index (κ1) is 10.7. The molecular formula is C10H9NO4S. The lowest BCUT2D eigenvalue weighted by atomic mass is 10.1. The van der Waals surface area contributed by atoms with Gasteiger partial charge in [0, 0.05) is 5.39 Å². The average Bonchev–Trinajstić information content (AvgIpc) is 2.21. The highest BCUT2D eigenvalue weighted by Crippen LogP contribution is 2.30. The van der Waals surface area contributed by atoms with Crippen LogP contribution in [0.4, 0.5) is 5.69 Å². The van der Waals surface area contributed by atoms with Gasteiger partial charge in [0.25, 0.3) is 0 Å². The SMILES string of the molecule is Nc1c(OS(=O)(=O)O)ccc2ccccc12. The lowest BCUT2D eigenvalue weighted by Crippen LogP contribution is -2.08. The molecule has 0 aliphatic rings. The summed E-state index contributed by atoms with van der Waals surface area (Å²) in [6, 6.07) is 10.2. The van der Waals surface area contributed by atoms with Crippen molar-refractivity contribution in [2.75, 3.05) is 5.73 Å². The van der Waals surface area contributed by atoms with E-state index in [2.05, 4.69) is 4.18 Å². The molecule has 0 radical (unpaired) electrons. The molecule has 0 saturated carbocycles. The molecule has 0 saturated heterocycles. The Morgan fingerprint density at radius 3 is 2.50 bits per heavy atom. The summed E-state index contributed by atoms with van der Waals surface area (Å²) in [6.07, 6.45) is 0. The van der Waals surface area contributed by atoms with Gasteiger partial charge in [-0.15, -0.1) is 0 Å². The van der Waals surface area contributed by atoms with E-state index in [4.69, 9.17) is 10.3 Å². The Kier molecular flexibility index (Phi) is 2.45. The van der Waals surface area contributed by atoms with Crippen LogP contribution in [0.25, 0.3) is 10.8 Å². The fourth-order valence-corrected chi connectivity index (χ4v) is 1.83. The molecule has 84 valence electrons. The summed E-state index contributed by atoms with van der Waals surface area (Å²) in [5, 5.41) is 1.53. The molecular weight excluding hydrogens is 230 g/mol. The number of fused-ring (bicyclic) bond motifs is 1. The Hall–Kier alpha value is -1.79. The van der Waals surface area contributed by atoms with Crippen molar-refractivity contribution >= 4 is 26.9 Å². The van der Waals surface area contributed by atoms with Crippen LogP contribution >= 0.6 is 0 Å². The summed E-state index contributed by atoms with van der Waals surface area (Å²) in [7, 11) is -4.55. The second-order valence-corrected chi connectivity index (χ2v) is 4.23. The molecule has 0 aliphatic heterocycles. The molecule has 0 fully saturated rings. The Labute approximate surface area is 92.4 Å². The van der Waals surface area contributed by atoms with Gasteiger partial charge in [-0.05, 0) is 11.5 Å². The molecule has 2 aromatic rings. The van der Waals surface area contributed by atoms with Crippen LogP contribution in [0.2, 0.25) is 0 Å². The number of nitrogen functional groups attached to an aromatic ring is 1. The first-order valence-electron chi connectivity index (χ1n) is 4.41. The van der Waals surface area contributed by atoms with E-state index in [0.29, 0.717) is 5.39 Å². The molecule has 16 heavy (non-hydrogen) atoms. The zero-order valence-electron chi connectivity index (χ0n) is 8.12. The molecule has 0 spiro atoms. The van der Waals surface area contributed by atoms with Gasteiger partial charge in [-0.25, -0.2) is 0 Å². The summed E-state index contributed by atoms with van der Waals surface area (Å²) in [6.45, 7) is 0. The number of anilines is 1. The lowest BCUT2D eigenvalue weighted by Gasteiger charge is -2.07. The standard InChI is InChI=1S/C10H9NO4S/c11-10-8-4-2-1-3-7(8)5-6-9(10)15-16(12,13)14/h1-6H,11H2,(H,12,13,14). The second-order valence-electron chi connectivity index (χ2n) is 3.21. The summed E-state index contributed by atoms with van der Waals surface area (Å²) >= 11 is 0. The predicted octanol–water partition coefficient (Wildman–Crippen LogP) is 1.60. The van der Waals surface area contributed by atoms with Crippen molar-refractivity contribution in [3.8, 4) is 5.75 Å². The highest BCUT2D eigenvalue weighted by Gasteiger charge is 2.11. The predicted molar refractivity (Wildman–Crippen MR) is 60.5 cm³/mol. The van der Waals surface area contributed by atoms with E-state index in [0.717, 1.165) is 5.39 Å². The van der Waals surface area contributed by atoms with Crippen LogP contribution in [-0.2, 0) is 10.4 Å². The molecule has 3 N–H and O–H groups in total. The number of nitrogens with two attached hydrogens (primary N) is 1. The third-order valence-corrected chi connectivity index (χ3v) is 2.52. The van der Waals surface area contributed by atoms with Gasteiger partial charge >= 0.3 is 10.4 Å². The highest BCUT2D eigenvalue weighted by molar-refractivity contribution is 7.81. The van der Waals surface area contributed by atoms with E-state index in [-0.39, 0.29) is 11.4 Å².